The second-order valence-corrected chi connectivity index (χ2v) is 10.6. The minimum absolute atomic E-state index is 0.138. The first-order valence-corrected chi connectivity index (χ1v) is 14.3. The van der Waals surface area contributed by atoms with Crippen LogP contribution in [0.25, 0.3) is 22.5 Å². The SMILES string of the molecule is COc1ccc(N(C)C(=O)/C=C/CN(C)C2CC2)cc1-n1c(=O)n(-c2ccc(Oc3ccccc3)cc2)c2c(N)ncnc21. The number of nitrogens with zero attached hydrogens (tertiary/aromatic N) is 6. The normalized spacial score (nSPS) is 13.1. The standard InChI is InChI=1S/C33H33N7O4/c1-37(22-11-12-22)19-7-10-29(41)38(2)24-15-18-28(43-3)27(20-24)40-32-30(31(34)35-21-36-32)39(33(40)42)23-13-16-26(17-14-23)44-25-8-5-4-6-9-25/h4-10,13-18,20-22H,11-12,19H2,1-3H3,(H2,34,35,36)/b10-7+. The molecule has 0 atom stereocenters. The number of likely N-dealkylation sites (N-methyl/N-ethyl adjacent to an activating group) is 2. The van der Waals surface area contributed by atoms with Gasteiger partial charge in [-0.05, 0) is 74.5 Å². The van der Waals surface area contributed by atoms with E-state index in [9.17, 15) is 9.59 Å². The Labute approximate surface area is 254 Å². The quantitative estimate of drug-likeness (QED) is 0.235. The number of carbonyl (C=O) groups excluding carboxylic acids is 1. The molecule has 2 heterocycles. The summed E-state index contributed by atoms with van der Waals surface area (Å²) in [6, 6.07) is 22.3. The first kappa shape index (κ1) is 28.7. The lowest BCUT2D eigenvalue weighted by Crippen LogP contribution is -2.26. The highest BCUT2D eigenvalue weighted by Crippen LogP contribution is 2.32. The van der Waals surface area contributed by atoms with Crippen molar-refractivity contribution in [2.45, 2.75) is 18.9 Å². The Balaban J connectivity index is 1.38. The van der Waals surface area contributed by atoms with Gasteiger partial charge in [-0.3, -0.25) is 14.3 Å². The Hall–Kier alpha value is -5.42. The predicted molar refractivity (Wildman–Crippen MR) is 170 cm³/mol. The molecule has 0 bridgehead atoms. The van der Waals surface area contributed by atoms with Gasteiger partial charge in [0.25, 0.3) is 0 Å². The molecular weight excluding hydrogens is 558 g/mol. The van der Waals surface area contributed by atoms with Crippen molar-refractivity contribution in [1.82, 2.24) is 24.0 Å². The highest BCUT2D eigenvalue weighted by molar-refractivity contribution is 6.01. The molecule has 0 saturated heterocycles. The van der Waals surface area contributed by atoms with E-state index in [0.717, 1.165) is 0 Å². The summed E-state index contributed by atoms with van der Waals surface area (Å²) < 4.78 is 14.4. The second kappa shape index (κ2) is 12.1. The van der Waals surface area contributed by atoms with Gasteiger partial charge in [-0.2, -0.15) is 0 Å². The van der Waals surface area contributed by atoms with Gasteiger partial charge in [-0.1, -0.05) is 24.3 Å². The molecule has 2 N–H and O–H groups in total. The Morgan fingerprint density at radius 1 is 1.00 bits per heavy atom. The van der Waals surface area contributed by atoms with E-state index in [2.05, 4.69) is 21.9 Å². The molecular formula is C33H33N7O4. The monoisotopic (exact) mass is 591 g/mol. The van der Waals surface area contributed by atoms with Crippen molar-refractivity contribution >= 4 is 28.6 Å². The zero-order valence-corrected chi connectivity index (χ0v) is 24.8. The number of carbonyl (C=O) groups is 1. The summed E-state index contributed by atoms with van der Waals surface area (Å²) in [6.07, 6.45) is 7.15. The summed E-state index contributed by atoms with van der Waals surface area (Å²) in [5.74, 6) is 1.67. The van der Waals surface area contributed by atoms with Crippen molar-refractivity contribution in [3.8, 4) is 28.6 Å². The van der Waals surface area contributed by atoms with Crippen molar-refractivity contribution in [3.05, 3.63) is 102 Å². The summed E-state index contributed by atoms with van der Waals surface area (Å²) >= 11 is 0. The number of nitrogens with two attached hydrogens (primary N) is 1. The summed E-state index contributed by atoms with van der Waals surface area (Å²) in [4.78, 5) is 39.6. The van der Waals surface area contributed by atoms with E-state index in [4.69, 9.17) is 15.2 Å². The molecule has 5 aromatic rings. The number of hydrogen-bond donors (Lipinski definition) is 1. The minimum atomic E-state index is -0.434. The number of aromatic nitrogens is 4. The summed E-state index contributed by atoms with van der Waals surface area (Å²) in [6.45, 7) is 0.702. The molecule has 1 aliphatic rings. The topological polar surface area (TPSA) is 121 Å². The summed E-state index contributed by atoms with van der Waals surface area (Å²) in [5, 5.41) is 0. The third-order valence-corrected chi connectivity index (χ3v) is 7.67. The molecule has 0 unspecified atom stereocenters. The van der Waals surface area contributed by atoms with Crippen molar-refractivity contribution in [1.29, 1.82) is 0 Å². The van der Waals surface area contributed by atoms with Gasteiger partial charge in [-0.25, -0.2) is 19.3 Å². The Morgan fingerprint density at radius 3 is 2.43 bits per heavy atom. The molecule has 44 heavy (non-hydrogen) atoms. The molecule has 0 aliphatic heterocycles. The van der Waals surface area contributed by atoms with Crippen LogP contribution in [0.4, 0.5) is 11.5 Å². The van der Waals surface area contributed by atoms with E-state index in [1.807, 2.05) is 36.4 Å². The van der Waals surface area contributed by atoms with Gasteiger partial charge in [0, 0.05) is 31.4 Å². The van der Waals surface area contributed by atoms with Crippen LogP contribution < -0.4 is 25.8 Å². The van der Waals surface area contributed by atoms with Gasteiger partial charge in [-0.15, -0.1) is 0 Å². The average molecular weight is 592 g/mol. The summed E-state index contributed by atoms with van der Waals surface area (Å²) in [7, 11) is 5.27. The molecule has 1 aliphatic carbocycles. The number of hydrogen-bond acceptors (Lipinski definition) is 8. The maximum atomic E-state index is 14.2. The number of methoxy groups -OCH3 is 1. The lowest BCUT2D eigenvalue weighted by atomic mass is 10.2. The van der Waals surface area contributed by atoms with Gasteiger partial charge in [0.05, 0.1) is 18.5 Å². The van der Waals surface area contributed by atoms with Gasteiger partial charge >= 0.3 is 5.69 Å². The first-order chi connectivity index (χ1) is 21.4. The fraction of sp³-hybridized carbons (Fsp3) is 0.212. The zero-order chi connectivity index (χ0) is 30.8. The molecule has 11 heteroatoms. The highest BCUT2D eigenvalue weighted by atomic mass is 16.5. The van der Waals surface area contributed by atoms with Gasteiger partial charge in [0.2, 0.25) is 5.91 Å². The summed E-state index contributed by atoms with van der Waals surface area (Å²) in [5.41, 5.74) is 8.04. The number of ether oxygens (including phenoxy) is 2. The largest absolute Gasteiger partial charge is 0.495 e. The molecule has 0 spiro atoms. The molecule has 1 amide bonds. The van der Waals surface area contributed by atoms with Crippen LogP contribution >= 0.6 is 0 Å². The van der Waals surface area contributed by atoms with Crippen molar-refractivity contribution < 1.29 is 14.3 Å². The third-order valence-electron chi connectivity index (χ3n) is 7.67. The van der Waals surface area contributed by atoms with Crippen LogP contribution in [-0.4, -0.2) is 63.7 Å². The van der Waals surface area contributed by atoms with E-state index in [-0.39, 0.29) is 11.7 Å². The molecule has 6 rings (SSSR count). The molecule has 1 saturated carbocycles. The Kier molecular flexibility index (Phi) is 7.86. The van der Waals surface area contributed by atoms with Crippen molar-refractivity contribution in [3.63, 3.8) is 0 Å². The number of rotatable bonds is 10. The third kappa shape index (κ3) is 5.64. The number of amides is 1. The van der Waals surface area contributed by atoms with Crippen LogP contribution in [0.15, 0.2) is 96.1 Å². The van der Waals surface area contributed by atoms with Crippen molar-refractivity contribution in [2.75, 3.05) is 38.4 Å². The van der Waals surface area contributed by atoms with Crippen LogP contribution in [0.3, 0.4) is 0 Å². The van der Waals surface area contributed by atoms with Crippen LogP contribution in [0, 0.1) is 0 Å². The van der Waals surface area contributed by atoms with Crippen LogP contribution in [-0.2, 0) is 4.79 Å². The fourth-order valence-corrected chi connectivity index (χ4v) is 5.08. The van der Waals surface area contributed by atoms with Gasteiger partial charge in [0.1, 0.15) is 29.1 Å². The molecule has 1 fully saturated rings. The van der Waals surface area contributed by atoms with E-state index >= 15 is 0 Å². The van der Waals surface area contributed by atoms with E-state index in [1.54, 1.807) is 55.6 Å². The van der Waals surface area contributed by atoms with Crippen molar-refractivity contribution in [2.24, 2.45) is 0 Å². The molecule has 3 aromatic carbocycles. The predicted octanol–water partition coefficient (Wildman–Crippen LogP) is 4.57. The van der Waals surface area contributed by atoms with Gasteiger partial charge < -0.3 is 20.1 Å². The average Bonchev–Trinajstić information content (AvgIpc) is 3.85. The van der Waals surface area contributed by atoms with Crippen LogP contribution in [0.2, 0.25) is 0 Å². The number of para-hydroxylation sites is 1. The molecule has 224 valence electrons. The zero-order valence-electron chi connectivity index (χ0n) is 24.8. The Bertz CT molecular complexity index is 1890. The Morgan fingerprint density at radius 2 is 1.73 bits per heavy atom. The number of imidazole rings is 1. The lowest BCUT2D eigenvalue weighted by Gasteiger charge is -2.18. The number of anilines is 2. The smallest absolute Gasteiger partial charge is 0.339 e. The minimum Gasteiger partial charge on any atom is -0.495 e. The van der Waals surface area contributed by atoms with E-state index < -0.39 is 5.69 Å². The van der Waals surface area contributed by atoms with Gasteiger partial charge in [0.15, 0.2) is 11.5 Å². The first-order valence-electron chi connectivity index (χ1n) is 14.3. The lowest BCUT2D eigenvalue weighted by molar-refractivity contribution is -0.113. The number of benzene rings is 3. The molecule has 11 nitrogen and oxygen atoms in total. The highest BCUT2D eigenvalue weighted by Gasteiger charge is 2.25. The second-order valence-electron chi connectivity index (χ2n) is 10.6. The maximum Gasteiger partial charge on any atom is 0.339 e. The fourth-order valence-electron chi connectivity index (χ4n) is 5.08. The number of fused-ring (bicyclic) bond motifs is 1. The molecule has 2 aromatic heterocycles. The van der Waals surface area contributed by atoms with E-state index in [1.165, 1.54) is 40.3 Å². The molecule has 0 radical (unpaired) electrons. The number of nitrogen functional groups attached to an aromatic ring is 1. The maximum absolute atomic E-state index is 14.2. The van der Waals surface area contributed by atoms with Crippen LogP contribution in [0.1, 0.15) is 12.8 Å². The van der Waals surface area contributed by atoms with Crippen LogP contribution in [0.5, 0.6) is 17.2 Å². The van der Waals surface area contributed by atoms with E-state index in [0.29, 0.717) is 58.1 Å².